The van der Waals surface area contributed by atoms with Crippen LogP contribution >= 0.6 is 11.8 Å². The van der Waals surface area contributed by atoms with Crippen LogP contribution in [0.5, 0.6) is 0 Å². The molecular formula is C8H9NS. The Kier molecular flexibility index (Phi) is 1.42. The zero-order valence-corrected chi connectivity index (χ0v) is 6.74. The van der Waals surface area contributed by atoms with Crippen LogP contribution in [0, 0.1) is 6.92 Å². The second-order valence-electron chi connectivity index (χ2n) is 2.48. The molecule has 0 fully saturated rings. The fourth-order valence-corrected chi connectivity index (χ4v) is 2.41. The van der Waals surface area contributed by atoms with Crippen molar-refractivity contribution in [2.24, 2.45) is 0 Å². The van der Waals surface area contributed by atoms with Crippen molar-refractivity contribution in [2.45, 2.75) is 18.2 Å². The molecule has 1 aromatic heterocycles. The van der Waals surface area contributed by atoms with E-state index in [1.165, 1.54) is 28.3 Å². The summed E-state index contributed by atoms with van der Waals surface area (Å²) in [6.07, 6.45) is 3.13. The number of aryl methyl sites for hydroxylation is 2. The Labute approximate surface area is 64.9 Å². The molecule has 1 aliphatic rings. The van der Waals surface area contributed by atoms with Crippen LogP contribution in [-0.4, -0.2) is 10.7 Å². The van der Waals surface area contributed by atoms with Crippen molar-refractivity contribution in [2.75, 3.05) is 5.75 Å². The Morgan fingerprint density at radius 1 is 1.60 bits per heavy atom. The maximum Gasteiger partial charge on any atom is 0.0511 e. The van der Waals surface area contributed by atoms with Gasteiger partial charge in [0.05, 0.1) is 5.69 Å². The van der Waals surface area contributed by atoms with Crippen LogP contribution in [0.15, 0.2) is 17.2 Å². The van der Waals surface area contributed by atoms with Crippen molar-refractivity contribution < 1.29 is 0 Å². The van der Waals surface area contributed by atoms with Gasteiger partial charge in [-0.25, -0.2) is 0 Å². The van der Waals surface area contributed by atoms with E-state index >= 15 is 0 Å². The summed E-state index contributed by atoms with van der Waals surface area (Å²) in [4.78, 5) is 5.65. The Morgan fingerprint density at radius 2 is 2.50 bits per heavy atom. The number of fused-ring (bicyclic) bond motifs is 1. The zero-order valence-electron chi connectivity index (χ0n) is 5.92. The molecule has 1 nitrogen and oxygen atoms in total. The van der Waals surface area contributed by atoms with Gasteiger partial charge in [0.15, 0.2) is 0 Å². The third-order valence-corrected chi connectivity index (χ3v) is 3.04. The third kappa shape index (κ3) is 0.833. The average Bonchev–Trinajstić information content (AvgIpc) is 2.36. The second kappa shape index (κ2) is 2.27. The predicted molar refractivity (Wildman–Crippen MR) is 43.4 cm³/mol. The fraction of sp³-hybridized carbons (Fsp3) is 0.375. The fourth-order valence-electron chi connectivity index (χ4n) is 1.26. The maximum absolute atomic E-state index is 4.23. The van der Waals surface area contributed by atoms with Crippen LogP contribution in [0.1, 0.15) is 11.3 Å². The van der Waals surface area contributed by atoms with E-state index < -0.39 is 0 Å². The Hall–Kier alpha value is -0.500. The number of rotatable bonds is 0. The Morgan fingerprint density at radius 3 is 3.30 bits per heavy atom. The number of nitrogens with zero attached hydrogens (tertiary/aromatic N) is 1. The first-order chi connectivity index (χ1) is 4.88. The topological polar surface area (TPSA) is 12.9 Å². The molecule has 0 amide bonds. The predicted octanol–water partition coefficient (Wildman–Crippen LogP) is 2.04. The number of hydrogen-bond acceptors (Lipinski definition) is 2. The lowest BCUT2D eigenvalue weighted by Crippen LogP contribution is -1.85. The van der Waals surface area contributed by atoms with Gasteiger partial charge < -0.3 is 0 Å². The number of aromatic nitrogens is 1. The van der Waals surface area contributed by atoms with Gasteiger partial charge in [-0.2, -0.15) is 0 Å². The van der Waals surface area contributed by atoms with Gasteiger partial charge in [-0.15, -0.1) is 11.8 Å². The van der Waals surface area contributed by atoms with Crippen molar-refractivity contribution in [1.82, 2.24) is 4.98 Å². The van der Waals surface area contributed by atoms with E-state index in [2.05, 4.69) is 18.0 Å². The van der Waals surface area contributed by atoms with Crippen LogP contribution in [0.3, 0.4) is 0 Å². The van der Waals surface area contributed by atoms with Gasteiger partial charge in [0.2, 0.25) is 0 Å². The minimum atomic E-state index is 1.19. The van der Waals surface area contributed by atoms with Gasteiger partial charge in [0, 0.05) is 16.8 Å². The molecule has 0 N–H and O–H groups in total. The molecule has 1 aliphatic heterocycles. The summed E-state index contributed by atoms with van der Waals surface area (Å²) < 4.78 is 0. The average molecular weight is 151 g/mol. The minimum Gasteiger partial charge on any atom is -0.260 e. The first kappa shape index (κ1) is 6.23. The SMILES string of the molecule is Cc1nccc2c1SCC2. The lowest BCUT2D eigenvalue weighted by atomic mass is 10.2. The van der Waals surface area contributed by atoms with Crippen molar-refractivity contribution in [1.29, 1.82) is 0 Å². The van der Waals surface area contributed by atoms with Gasteiger partial charge >= 0.3 is 0 Å². The van der Waals surface area contributed by atoms with Crippen molar-refractivity contribution in [3.05, 3.63) is 23.5 Å². The highest BCUT2D eigenvalue weighted by atomic mass is 32.2. The quantitative estimate of drug-likeness (QED) is 0.562. The number of thioether (sulfide) groups is 1. The summed E-state index contributed by atoms with van der Waals surface area (Å²) in [5.74, 6) is 1.24. The molecular weight excluding hydrogens is 142 g/mol. The maximum atomic E-state index is 4.23. The number of hydrogen-bond donors (Lipinski definition) is 0. The van der Waals surface area contributed by atoms with Crippen LogP contribution in [0.25, 0.3) is 0 Å². The first-order valence-corrected chi connectivity index (χ1v) is 4.44. The van der Waals surface area contributed by atoms with Gasteiger partial charge in [0.25, 0.3) is 0 Å². The molecule has 0 radical (unpaired) electrons. The molecule has 0 saturated carbocycles. The molecule has 1 aromatic rings. The standard InChI is InChI=1S/C8H9NS/c1-6-8-7(2-4-9-6)3-5-10-8/h2,4H,3,5H2,1H3. The van der Waals surface area contributed by atoms with E-state index in [4.69, 9.17) is 0 Å². The minimum absolute atomic E-state index is 1.19. The van der Waals surface area contributed by atoms with Crippen LogP contribution in [0.2, 0.25) is 0 Å². The van der Waals surface area contributed by atoms with Crippen molar-refractivity contribution in [3.63, 3.8) is 0 Å². The molecule has 10 heavy (non-hydrogen) atoms. The van der Waals surface area contributed by atoms with E-state index in [1.54, 1.807) is 0 Å². The third-order valence-electron chi connectivity index (χ3n) is 1.78. The monoisotopic (exact) mass is 151 g/mol. The van der Waals surface area contributed by atoms with Gasteiger partial charge in [0.1, 0.15) is 0 Å². The van der Waals surface area contributed by atoms with Gasteiger partial charge in [-0.05, 0) is 25.0 Å². The second-order valence-corrected chi connectivity index (χ2v) is 3.59. The Balaban J connectivity index is 2.59. The van der Waals surface area contributed by atoms with Crippen LogP contribution < -0.4 is 0 Å². The highest BCUT2D eigenvalue weighted by Gasteiger charge is 2.12. The van der Waals surface area contributed by atoms with E-state index in [1.807, 2.05) is 18.0 Å². The van der Waals surface area contributed by atoms with Crippen LogP contribution in [-0.2, 0) is 6.42 Å². The van der Waals surface area contributed by atoms with Gasteiger partial charge in [-0.3, -0.25) is 4.98 Å². The van der Waals surface area contributed by atoms with E-state index in [0.29, 0.717) is 0 Å². The normalized spacial score (nSPS) is 15.3. The van der Waals surface area contributed by atoms with E-state index in [-0.39, 0.29) is 0 Å². The molecule has 0 saturated heterocycles. The van der Waals surface area contributed by atoms with Crippen molar-refractivity contribution >= 4 is 11.8 Å². The lowest BCUT2D eigenvalue weighted by molar-refractivity contribution is 1.05. The first-order valence-electron chi connectivity index (χ1n) is 3.45. The summed E-state index contributed by atoms with van der Waals surface area (Å²) in [7, 11) is 0. The van der Waals surface area contributed by atoms with E-state index in [0.717, 1.165) is 0 Å². The molecule has 0 spiro atoms. The Bertz CT molecular complexity index is 257. The molecule has 0 aliphatic carbocycles. The summed E-state index contributed by atoms with van der Waals surface area (Å²) >= 11 is 1.93. The largest absolute Gasteiger partial charge is 0.260 e. The van der Waals surface area contributed by atoms with Crippen LogP contribution in [0.4, 0.5) is 0 Å². The molecule has 0 atom stereocenters. The highest BCUT2D eigenvalue weighted by Crippen LogP contribution is 2.32. The van der Waals surface area contributed by atoms with Crippen molar-refractivity contribution in [3.8, 4) is 0 Å². The zero-order chi connectivity index (χ0) is 6.97. The molecule has 0 bridgehead atoms. The molecule has 0 aromatic carbocycles. The van der Waals surface area contributed by atoms with Gasteiger partial charge in [-0.1, -0.05) is 0 Å². The highest BCUT2D eigenvalue weighted by molar-refractivity contribution is 7.99. The molecule has 2 heteroatoms. The smallest absolute Gasteiger partial charge is 0.0511 e. The molecule has 2 rings (SSSR count). The van der Waals surface area contributed by atoms with E-state index in [9.17, 15) is 0 Å². The summed E-state index contributed by atoms with van der Waals surface area (Å²) in [6, 6.07) is 2.13. The molecule has 0 unspecified atom stereocenters. The molecule has 2 heterocycles. The summed E-state index contributed by atoms with van der Waals surface area (Å²) in [5, 5.41) is 0. The molecule has 52 valence electrons. The lowest BCUT2D eigenvalue weighted by Gasteiger charge is -1.98. The summed E-state index contributed by atoms with van der Waals surface area (Å²) in [6.45, 7) is 2.08. The summed E-state index contributed by atoms with van der Waals surface area (Å²) in [5.41, 5.74) is 2.68. The number of pyridine rings is 1.